The second kappa shape index (κ2) is 11.5. The lowest BCUT2D eigenvalue weighted by Gasteiger charge is -2.15. The van der Waals surface area contributed by atoms with Gasteiger partial charge in [0, 0.05) is 18.2 Å². The molecule has 9 heteroatoms. The third kappa shape index (κ3) is 6.56. The van der Waals surface area contributed by atoms with Gasteiger partial charge in [0.05, 0.1) is 16.0 Å². The minimum absolute atomic E-state index is 0.0133. The van der Waals surface area contributed by atoms with Gasteiger partial charge in [0.15, 0.2) is 11.5 Å². The molecule has 3 rings (SSSR count). The van der Waals surface area contributed by atoms with Crippen LogP contribution in [0.2, 0.25) is 0 Å². The smallest absolute Gasteiger partial charge is 0.269 e. The van der Waals surface area contributed by atoms with Gasteiger partial charge in [-0.15, -0.1) is 0 Å². The Hall–Kier alpha value is -3.38. The number of ether oxygens (including phenoxy) is 2. The lowest BCUT2D eigenvalue weighted by atomic mass is 10.1. The molecular weight excluding hydrogens is 490 g/mol. The van der Waals surface area contributed by atoms with Crippen LogP contribution in [0.3, 0.4) is 0 Å². The predicted octanol–water partition coefficient (Wildman–Crippen LogP) is 5.30. The van der Waals surface area contributed by atoms with Crippen LogP contribution in [-0.2, 0) is 11.4 Å². The number of rotatable bonds is 9. The summed E-state index contributed by atoms with van der Waals surface area (Å²) in [6.07, 6.45) is 5.54. The summed E-state index contributed by atoms with van der Waals surface area (Å²) in [5, 5.41) is 23.4. The van der Waals surface area contributed by atoms with Crippen molar-refractivity contribution in [1.82, 2.24) is 5.32 Å². The summed E-state index contributed by atoms with van der Waals surface area (Å²) in [5.74, 6) is 0.468. The van der Waals surface area contributed by atoms with E-state index in [-0.39, 0.29) is 29.8 Å². The van der Waals surface area contributed by atoms with Gasteiger partial charge in [0.2, 0.25) is 0 Å². The number of nitrogens with zero attached hydrogens (tertiary/aromatic N) is 2. The average Bonchev–Trinajstić information content (AvgIpc) is 3.30. The maximum Gasteiger partial charge on any atom is 0.269 e. The first-order valence-corrected chi connectivity index (χ1v) is 11.5. The van der Waals surface area contributed by atoms with Gasteiger partial charge in [-0.05, 0) is 65.0 Å². The molecule has 0 radical (unpaired) electrons. The molecule has 2 aromatic carbocycles. The number of halogens is 1. The highest BCUT2D eigenvalue weighted by molar-refractivity contribution is 9.10. The van der Waals surface area contributed by atoms with Crippen LogP contribution in [0.4, 0.5) is 5.69 Å². The lowest BCUT2D eigenvalue weighted by molar-refractivity contribution is -0.384. The van der Waals surface area contributed by atoms with Crippen LogP contribution in [0.25, 0.3) is 6.08 Å². The van der Waals surface area contributed by atoms with Crippen LogP contribution >= 0.6 is 15.9 Å². The Bertz CT molecular complexity index is 1100. The van der Waals surface area contributed by atoms with E-state index in [4.69, 9.17) is 9.47 Å². The summed E-state index contributed by atoms with van der Waals surface area (Å²) in [7, 11) is 0. The molecule has 33 heavy (non-hydrogen) atoms. The second-order valence-corrected chi connectivity index (χ2v) is 8.46. The van der Waals surface area contributed by atoms with Crippen molar-refractivity contribution < 1.29 is 19.2 Å². The molecule has 172 valence electrons. The fourth-order valence-electron chi connectivity index (χ4n) is 3.64. The quantitative estimate of drug-likeness (QED) is 0.210. The molecule has 0 atom stereocenters. The van der Waals surface area contributed by atoms with Crippen LogP contribution in [0.5, 0.6) is 11.5 Å². The Balaban J connectivity index is 1.81. The second-order valence-electron chi connectivity index (χ2n) is 7.60. The zero-order valence-electron chi connectivity index (χ0n) is 18.2. The molecule has 1 N–H and O–H groups in total. The molecular formula is C24H24BrN3O5. The Morgan fingerprint density at radius 3 is 2.73 bits per heavy atom. The number of amides is 1. The van der Waals surface area contributed by atoms with E-state index in [9.17, 15) is 20.2 Å². The van der Waals surface area contributed by atoms with E-state index < -0.39 is 4.92 Å². The van der Waals surface area contributed by atoms with E-state index in [0.717, 1.165) is 25.7 Å². The van der Waals surface area contributed by atoms with Crippen LogP contribution in [-0.4, -0.2) is 23.5 Å². The van der Waals surface area contributed by atoms with Gasteiger partial charge >= 0.3 is 0 Å². The Kier molecular flexibility index (Phi) is 8.44. The average molecular weight is 514 g/mol. The summed E-state index contributed by atoms with van der Waals surface area (Å²) in [6, 6.07) is 11.7. The van der Waals surface area contributed by atoms with Crippen LogP contribution < -0.4 is 14.8 Å². The Morgan fingerprint density at radius 2 is 2.06 bits per heavy atom. The number of benzene rings is 2. The fraction of sp³-hybridized carbons (Fsp3) is 0.333. The molecule has 1 aliphatic rings. The molecule has 0 aromatic heterocycles. The summed E-state index contributed by atoms with van der Waals surface area (Å²) in [6.45, 7) is 2.30. The van der Waals surface area contributed by atoms with Crippen molar-refractivity contribution in [1.29, 1.82) is 5.26 Å². The SMILES string of the molecule is CCOc1cc(/C=C(/C#N)C(=O)NC2CCCC2)cc(Br)c1OCc1cccc([N+](=O)[O-])c1. The summed E-state index contributed by atoms with van der Waals surface area (Å²) < 4.78 is 12.2. The standard InChI is InChI=1S/C24H24BrN3O5/c1-2-32-22-13-17(10-18(14-26)24(29)27-19-7-3-4-8-19)12-21(25)23(22)33-15-16-6-5-9-20(11-16)28(30)31/h5-6,9-13,19H,2-4,7-8,15H2,1H3,(H,27,29)/b18-10-. The van der Waals surface area contributed by atoms with E-state index in [0.29, 0.717) is 33.7 Å². The molecule has 0 heterocycles. The van der Waals surface area contributed by atoms with Crippen molar-refractivity contribution in [3.05, 3.63) is 67.7 Å². The Morgan fingerprint density at radius 1 is 1.30 bits per heavy atom. The molecule has 8 nitrogen and oxygen atoms in total. The van der Waals surface area contributed by atoms with Gasteiger partial charge in [-0.25, -0.2) is 0 Å². The minimum atomic E-state index is -0.457. The van der Waals surface area contributed by atoms with Crippen molar-refractivity contribution >= 4 is 33.6 Å². The number of nitro benzene ring substituents is 1. The molecule has 1 aliphatic carbocycles. The van der Waals surface area contributed by atoms with Crippen LogP contribution in [0.15, 0.2) is 46.4 Å². The van der Waals surface area contributed by atoms with Crippen LogP contribution in [0.1, 0.15) is 43.7 Å². The third-order valence-corrected chi connectivity index (χ3v) is 5.79. The van der Waals surface area contributed by atoms with Gasteiger partial charge in [-0.1, -0.05) is 25.0 Å². The number of nitro groups is 1. The largest absolute Gasteiger partial charge is 0.490 e. The van der Waals surface area contributed by atoms with E-state index in [1.54, 1.807) is 24.3 Å². The first-order valence-electron chi connectivity index (χ1n) is 10.7. The highest BCUT2D eigenvalue weighted by Crippen LogP contribution is 2.38. The molecule has 0 spiro atoms. The van der Waals surface area contributed by atoms with Crippen molar-refractivity contribution in [2.75, 3.05) is 6.61 Å². The number of carbonyl (C=O) groups excluding carboxylic acids is 1. The van der Waals surface area contributed by atoms with Crippen molar-refractivity contribution in [3.63, 3.8) is 0 Å². The Labute approximate surface area is 200 Å². The van der Waals surface area contributed by atoms with Crippen molar-refractivity contribution in [2.45, 2.75) is 45.3 Å². The molecule has 0 saturated heterocycles. The van der Waals surface area contributed by atoms with Gasteiger partial charge in [0.25, 0.3) is 11.6 Å². The zero-order chi connectivity index (χ0) is 23.8. The number of non-ortho nitro benzene ring substituents is 1. The van der Waals surface area contributed by atoms with Gasteiger partial charge in [-0.3, -0.25) is 14.9 Å². The maximum atomic E-state index is 12.5. The monoisotopic (exact) mass is 513 g/mol. The van der Waals surface area contributed by atoms with E-state index >= 15 is 0 Å². The molecule has 1 saturated carbocycles. The molecule has 1 amide bonds. The van der Waals surface area contributed by atoms with Crippen molar-refractivity contribution in [3.8, 4) is 17.6 Å². The summed E-state index contributed by atoms with van der Waals surface area (Å²) in [4.78, 5) is 23.1. The van der Waals surface area contributed by atoms with Gasteiger partial charge in [-0.2, -0.15) is 5.26 Å². The number of nitrogens with one attached hydrogen (secondary N) is 1. The topological polar surface area (TPSA) is 114 Å². The normalized spacial score (nSPS) is 13.9. The predicted molar refractivity (Wildman–Crippen MR) is 127 cm³/mol. The zero-order valence-corrected chi connectivity index (χ0v) is 19.8. The van der Waals surface area contributed by atoms with Gasteiger partial charge in [0.1, 0.15) is 18.2 Å². The molecule has 0 bridgehead atoms. The summed E-state index contributed by atoms with van der Waals surface area (Å²) in [5.41, 5.74) is 1.24. The lowest BCUT2D eigenvalue weighted by Crippen LogP contribution is -2.33. The van der Waals surface area contributed by atoms with E-state index in [2.05, 4.69) is 21.2 Å². The van der Waals surface area contributed by atoms with E-state index in [1.165, 1.54) is 18.2 Å². The highest BCUT2D eigenvalue weighted by Gasteiger charge is 2.20. The van der Waals surface area contributed by atoms with E-state index in [1.807, 2.05) is 13.0 Å². The number of carbonyl (C=O) groups is 1. The van der Waals surface area contributed by atoms with Gasteiger partial charge < -0.3 is 14.8 Å². The first kappa shape index (κ1) is 24.3. The van der Waals surface area contributed by atoms with Crippen LogP contribution in [0, 0.1) is 21.4 Å². The minimum Gasteiger partial charge on any atom is -0.490 e. The van der Waals surface area contributed by atoms with Crippen molar-refractivity contribution in [2.24, 2.45) is 0 Å². The first-order chi connectivity index (χ1) is 15.9. The molecule has 0 unspecified atom stereocenters. The summed E-state index contributed by atoms with van der Waals surface area (Å²) >= 11 is 3.47. The molecule has 2 aromatic rings. The maximum absolute atomic E-state index is 12.5. The molecule has 1 fully saturated rings. The number of hydrogen-bond donors (Lipinski definition) is 1. The molecule has 0 aliphatic heterocycles. The number of nitriles is 1. The fourth-order valence-corrected chi connectivity index (χ4v) is 4.21. The third-order valence-electron chi connectivity index (χ3n) is 5.20. The number of hydrogen-bond acceptors (Lipinski definition) is 6. The highest BCUT2D eigenvalue weighted by atomic mass is 79.9.